The van der Waals surface area contributed by atoms with Crippen molar-refractivity contribution in [3.63, 3.8) is 0 Å². The van der Waals surface area contributed by atoms with Gasteiger partial charge in [-0.2, -0.15) is 0 Å². The molecule has 7 heteroatoms. The summed E-state index contributed by atoms with van der Waals surface area (Å²) in [5, 5.41) is 8.95. The summed E-state index contributed by atoms with van der Waals surface area (Å²) in [7, 11) is -3.52. The van der Waals surface area contributed by atoms with Crippen molar-refractivity contribution in [2.75, 3.05) is 11.6 Å². The molecule has 0 aliphatic carbocycles. The third-order valence-corrected chi connectivity index (χ3v) is 4.19. The lowest BCUT2D eigenvalue weighted by atomic mass is 10.2. The number of hydrogen-bond donors (Lipinski definition) is 1. The van der Waals surface area contributed by atoms with Gasteiger partial charge in [0.2, 0.25) is 0 Å². The van der Waals surface area contributed by atoms with Crippen LogP contribution >= 0.6 is 0 Å². The molecule has 0 unspecified atom stereocenters. The highest BCUT2D eigenvalue weighted by molar-refractivity contribution is 7.91. The molecule has 96 valence electrons. The van der Waals surface area contributed by atoms with Gasteiger partial charge in [-0.3, -0.25) is 4.79 Å². The number of nitrogens with zero attached hydrogens (tertiary/aromatic N) is 1. The highest BCUT2D eigenvalue weighted by atomic mass is 32.2. The number of aliphatic carboxylic acids is 1. The number of sulfone groups is 1. The zero-order valence-corrected chi connectivity index (χ0v) is 10.1. The van der Waals surface area contributed by atoms with Gasteiger partial charge < -0.3 is 10.0 Å². The third-order valence-electron chi connectivity index (χ3n) is 2.69. The van der Waals surface area contributed by atoms with Gasteiger partial charge in [-0.15, -0.1) is 0 Å². The molecule has 1 atom stereocenters. The molecule has 1 fully saturated rings. The van der Waals surface area contributed by atoms with Gasteiger partial charge in [-0.25, -0.2) is 13.2 Å². The number of carboxylic acids is 1. The van der Waals surface area contributed by atoms with Crippen molar-refractivity contribution in [3.8, 4) is 0 Å². The van der Waals surface area contributed by atoms with Crippen LogP contribution in [0.2, 0.25) is 0 Å². The normalized spacial score (nSPS) is 21.8. The van der Waals surface area contributed by atoms with Crippen molar-refractivity contribution in [3.05, 3.63) is 35.9 Å². The highest BCUT2D eigenvalue weighted by Crippen LogP contribution is 2.19. The van der Waals surface area contributed by atoms with Gasteiger partial charge in [0.1, 0.15) is 11.9 Å². The highest BCUT2D eigenvalue weighted by Gasteiger charge is 2.42. The van der Waals surface area contributed by atoms with Gasteiger partial charge in [0, 0.05) is 5.56 Å². The quantitative estimate of drug-likeness (QED) is 0.814. The Kier molecular flexibility index (Phi) is 3.08. The first kappa shape index (κ1) is 12.6. The first-order chi connectivity index (χ1) is 8.41. The Labute approximate surface area is 104 Å². The summed E-state index contributed by atoms with van der Waals surface area (Å²) in [5.41, 5.74) is 0.279. The summed E-state index contributed by atoms with van der Waals surface area (Å²) >= 11 is 0. The maximum atomic E-state index is 12.0. The Morgan fingerprint density at radius 2 is 1.83 bits per heavy atom. The van der Waals surface area contributed by atoms with E-state index in [2.05, 4.69) is 0 Å². The van der Waals surface area contributed by atoms with Crippen molar-refractivity contribution in [2.24, 2.45) is 0 Å². The molecular formula is C11H11NO5S. The smallest absolute Gasteiger partial charge is 0.327 e. The summed E-state index contributed by atoms with van der Waals surface area (Å²) in [5.74, 6) is -2.96. The molecule has 1 aromatic carbocycles. The van der Waals surface area contributed by atoms with E-state index in [1.807, 2.05) is 0 Å². The minimum Gasteiger partial charge on any atom is -0.480 e. The van der Waals surface area contributed by atoms with Crippen LogP contribution in [0.1, 0.15) is 10.4 Å². The first-order valence-corrected chi connectivity index (χ1v) is 7.02. The molecule has 0 spiro atoms. The molecule has 0 radical (unpaired) electrons. The average molecular weight is 269 g/mol. The van der Waals surface area contributed by atoms with Gasteiger partial charge in [-0.05, 0) is 12.1 Å². The molecule has 1 aromatic rings. The lowest BCUT2D eigenvalue weighted by Crippen LogP contribution is -2.41. The van der Waals surface area contributed by atoms with E-state index in [1.165, 1.54) is 12.1 Å². The molecule has 0 aromatic heterocycles. The molecule has 1 saturated heterocycles. The van der Waals surface area contributed by atoms with Crippen molar-refractivity contribution < 1.29 is 23.1 Å². The van der Waals surface area contributed by atoms with E-state index < -0.39 is 39.4 Å². The first-order valence-electron chi connectivity index (χ1n) is 5.20. The van der Waals surface area contributed by atoms with Crippen LogP contribution in [0.25, 0.3) is 0 Å². The largest absolute Gasteiger partial charge is 0.480 e. The van der Waals surface area contributed by atoms with E-state index in [1.54, 1.807) is 18.2 Å². The molecule has 0 bridgehead atoms. The van der Waals surface area contributed by atoms with Crippen LogP contribution in [0, 0.1) is 0 Å². The molecule has 18 heavy (non-hydrogen) atoms. The second-order valence-corrected chi connectivity index (χ2v) is 6.11. The van der Waals surface area contributed by atoms with Crippen molar-refractivity contribution in [2.45, 2.75) is 6.04 Å². The van der Waals surface area contributed by atoms with Gasteiger partial charge in [0.15, 0.2) is 9.84 Å². The van der Waals surface area contributed by atoms with Crippen LogP contribution in [-0.2, 0) is 14.6 Å². The summed E-state index contributed by atoms with van der Waals surface area (Å²) < 4.78 is 22.9. The number of carbonyl (C=O) groups excluding carboxylic acids is 1. The summed E-state index contributed by atoms with van der Waals surface area (Å²) in [4.78, 5) is 23.9. The second-order valence-electron chi connectivity index (χ2n) is 4.03. The second kappa shape index (κ2) is 4.41. The van der Waals surface area contributed by atoms with E-state index >= 15 is 0 Å². The Morgan fingerprint density at radius 1 is 1.22 bits per heavy atom. The number of rotatable bonds is 2. The van der Waals surface area contributed by atoms with Crippen LogP contribution in [0.15, 0.2) is 30.3 Å². The Hall–Kier alpha value is -1.89. The predicted molar refractivity (Wildman–Crippen MR) is 62.7 cm³/mol. The number of amides is 1. The average Bonchev–Trinajstić information content (AvgIpc) is 2.66. The zero-order chi connectivity index (χ0) is 13.3. The molecule has 2 rings (SSSR count). The van der Waals surface area contributed by atoms with Gasteiger partial charge in [0.25, 0.3) is 5.91 Å². The number of hydrogen-bond acceptors (Lipinski definition) is 4. The van der Waals surface area contributed by atoms with E-state index in [9.17, 15) is 18.0 Å². The van der Waals surface area contributed by atoms with Crippen molar-refractivity contribution in [1.29, 1.82) is 0 Å². The zero-order valence-electron chi connectivity index (χ0n) is 9.31. The number of carbonyl (C=O) groups is 2. The maximum absolute atomic E-state index is 12.0. The Morgan fingerprint density at radius 3 is 2.39 bits per heavy atom. The molecule has 1 heterocycles. The lowest BCUT2D eigenvalue weighted by Gasteiger charge is -2.19. The van der Waals surface area contributed by atoms with Crippen LogP contribution in [0.5, 0.6) is 0 Å². The number of carboxylic acid groups (broad SMARTS) is 1. The topological polar surface area (TPSA) is 91.8 Å². The monoisotopic (exact) mass is 269 g/mol. The maximum Gasteiger partial charge on any atom is 0.327 e. The van der Waals surface area contributed by atoms with Gasteiger partial charge in [-0.1, -0.05) is 18.2 Å². The Balaban J connectivity index is 2.32. The van der Waals surface area contributed by atoms with E-state index in [-0.39, 0.29) is 5.56 Å². The van der Waals surface area contributed by atoms with Gasteiger partial charge >= 0.3 is 5.97 Å². The fourth-order valence-electron chi connectivity index (χ4n) is 1.84. The molecule has 1 N–H and O–H groups in total. The van der Waals surface area contributed by atoms with Crippen LogP contribution in [0.4, 0.5) is 0 Å². The molecular weight excluding hydrogens is 258 g/mol. The van der Waals surface area contributed by atoms with Crippen LogP contribution in [0.3, 0.4) is 0 Å². The molecule has 1 aliphatic heterocycles. The molecule has 6 nitrogen and oxygen atoms in total. The van der Waals surface area contributed by atoms with Crippen molar-refractivity contribution >= 4 is 21.7 Å². The van der Waals surface area contributed by atoms with E-state index in [4.69, 9.17) is 5.11 Å². The van der Waals surface area contributed by atoms with E-state index in [0.717, 1.165) is 4.90 Å². The predicted octanol–water partition coefficient (Wildman–Crippen LogP) is -0.0321. The van der Waals surface area contributed by atoms with Crippen LogP contribution in [-0.4, -0.2) is 48.0 Å². The minimum absolute atomic E-state index is 0.279. The molecule has 0 saturated carbocycles. The fourth-order valence-corrected chi connectivity index (χ4v) is 3.47. The fraction of sp³-hybridized carbons (Fsp3) is 0.273. The Bertz CT molecular complexity index is 581. The van der Waals surface area contributed by atoms with E-state index in [0.29, 0.717) is 0 Å². The summed E-state index contributed by atoms with van der Waals surface area (Å²) in [6.07, 6.45) is 0. The van der Waals surface area contributed by atoms with Gasteiger partial charge in [0.05, 0.1) is 5.75 Å². The van der Waals surface area contributed by atoms with Crippen LogP contribution < -0.4 is 0 Å². The summed E-state index contributed by atoms with van der Waals surface area (Å²) in [6.45, 7) is 0. The SMILES string of the molecule is O=C(O)[C@@H]1CS(=O)(=O)CN1C(=O)c1ccccc1. The lowest BCUT2D eigenvalue weighted by molar-refractivity contribution is -0.140. The summed E-state index contributed by atoms with van der Waals surface area (Å²) in [6, 6.07) is 6.72. The minimum atomic E-state index is -3.52. The number of benzene rings is 1. The molecule has 1 aliphatic rings. The third kappa shape index (κ3) is 2.35. The van der Waals surface area contributed by atoms with Crippen molar-refractivity contribution in [1.82, 2.24) is 4.90 Å². The standard InChI is InChI=1S/C11H11NO5S/c13-10(8-4-2-1-3-5-8)12-7-18(16,17)6-9(12)11(14)15/h1-5,9H,6-7H2,(H,14,15)/t9-/m0/s1. The molecule has 1 amide bonds.